The Morgan fingerprint density at radius 2 is 1.35 bits per heavy atom. The van der Waals surface area contributed by atoms with Gasteiger partial charge in [-0.1, -0.05) is 60.7 Å². The summed E-state index contributed by atoms with van der Waals surface area (Å²) in [5, 5.41) is 3.91. The Balaban J connectivity index is 1.88. The van der Waals surface area contributed by atoms with Crippen LogP contribution < -0.4 is 5.32 Å². The Hall–Kier alpha value is -4.25. The largest absolute Gasteiger partial charge is 0.462 e. The first-order valence-corrected chi connectivity index (χ1v) is 11.2. The Morgan fingerprint density at radius 1 is 0.735 bits per heavy atom. The third-order valence-electron chi connectivity index (χ3n) is 5.65. The van der Waals surface area contributed by atoms with Crippen LogP contribution in [0.4, 0.5) is 5.69 Å². The molecule has 0 aliphatic rings. The van der Waals surface area contributed by atoms with Gasteiger partial charge in [-0.05, 0) is 54.6 Å². The lowest BCUT2D eigenvalue weighted by atomic mass is 9.89. The fraction of sp³-hybridized carbons (Fsp3) is 0.138. The molecule has 0 heterocycles. The molecule has 0 spiro atoms. The van der Waals surface area contributed by atoms with Gasteiger partial charge in [-0.3, -0.25) is 9.59 Å². The van der Waals surface area contributed by atoms with E-state index in [1.165, 1.54) is 0 Å². The molecule has 0 saturated heterocycles. The number of Topliss-reactive ketones (excluding diaryl/α,β-unsaturated/α-hetero) is 1. The summed E-state index contributed by atoms with van der Waals surface area (Å²) in [5.41, 5.74) is 3.37. The highest BCUT2D eigenvalue weighted by atomic mass is 16.5. The third-order valence-corrected chi connectivity index (χ3v) is 5.65. The lowest BCUT2D eigenvalue weighted by molar-refractivity contribution is 0.0528. The van der Waals surface area contributed by atoms with Gasteiger partial charge < -0.3 is 10.1 Å². The summed E-state index contributed by atoms with van der Waals surface area (Å²) >= 11 is 0. The second-order valence-electron chi connectivity index (χ2n) is 7.97. The minimum Gasteiger partial charge on any atom is -0.462 e. The lowest BCUT2D eigenvalue weighted by Crippen LogP contribution is -2.16. The van der Waals surface area contributed by atoms with E-state index in [4.69, 9.17) is 4.74 Å². The number of rotatable bonds is 7. The van der Waals surface area contributed by atoms with Gasteiger partial charge in [0.2, 0.25) is 0 Å². The van der Waals surface area contributed by atoms with E-state index in [2.05, 4.69) is 5.32 Å². The second kappa shape index (κ2) is 10.1. The Morgan fingerprint density at radius 3 is 2.03 bits per heavy atom. The molecule has 0 aliphatic carbocycles. The molecule has 5 heteroatoms. The number of ether oxygens (including phenoxy) is 1. The summed E-state index contributed by atoms with van der Waals surface area (Å²) in [4.78, 5) is 39.5. The molecule has 0 atom stereocenters. The van der Waals surface area contributed by atoms with Crippen molar-refractivity contribution >= 4 is 34.1 Å². The zero-order valence-electron chi connectivity index (χ0n) is 19.1. The van der Waals surface area contributed by atoms with Crippen molar-refractivity contribution in [2.75, 3.05) is 11.9 Å². The maximum absolute atomic E-state index is 13.4. The van der Waals surface area contributed by atoms with Gasteiger partial charge in [0.15, 0.2) is 5.78 Å². The van der Waals surface area contributed by atoms with Crippen molar-refractivity contribution in [2.45, 2.75) is 20.3 Å². The normalized spacial score (nSPS) is 10.6. The zero-order valence-corrected chi connectivity index (χ0v) is 19.1. The number of hydrogen-bond donors (Lipinski definition) is 1. The molecule has 0 radical (unpaired) electrons. The van der Waals surface area contributed by atoms with Gasteiger partial charge in [0.05, 0.1) is 12.2 Å². The van der Waals surface area contributed by atoms with E-state index in [9.17, 15) is 14.4 Å². The highest BCUT2D eigenvalue weighted by molar-refractivity contribution is 6.22. The molecule has 0 saturated carbocycles. The molecule has 1 N–H and O–H groups in total. The maximum atomic E-state index is 13.4. The van der Waals surface area contributed by atoms with Gasteiger partial charge in [0.1, 0.15) is 0 Å². The van der Waals surface area contributed by atoms with Crippen LogP contribution in [0.3, 0.4) is 0 Å². The van der Waals surface area contributed by atoms with Crippen molar-refractivity contribution in [2.24, 2.45) is 0 Å². The van der Waals surface area contributed by atoms with Crippen LogP contribution in [0.2, 0.25) is 0 Å². The maximum Gasteiger partial charge on any atom is 0.338 e. The Bertz CT molecular complexity index is 1360. The summed E-state index contributed by atoms with van der Waals surface area (Å²) in [6.45, 7) is 3.80. The molecule has 0 aliphatic heterocycles. The van der Waals surface area contributed by atoms with Crippen LogP contribution in [0.5, 0.6) is 0 Å². The molecule has 5 nitrogen and oxygen atoms in total. The van der Waals surface area contributed by atoms with Crippen molar-refractivity contribution in [3.8, 4) is 0 Å². The molecule has 4 rings (SSSR count). The number of fused-ring (bicyclic) bond motifs is 1. The summed E-state index contributed by atoms with van der Waals surface area (Å²) in [6, 6.07) is 25.3. The zero-order chi connectivity index (χ0) is 24.1. The number of amides is 1. The van der Waals surface area contributed by atoms with E-state index in [0.717, 1.165) is 11.1 Å². The van der Waals surface area contributed by atoms with Crippen molar-refractivity contribution < 1.29 is 19.1 Å². The molecule has 170 valence electrons. The van der Waals surface area contributed by atoms with E-state index < -0.39 is 5.97 Å². The number of aryl methyl sites for hydroxylation is 1. The fourth-order valence-corrected chi connectivity index (χ4v) is 4.06. The summed E-state index contributed by atoms with van der Waals surface area (Å²) in [5.74, 6) is -0.980. The van der Waals surface area contributed by atoms with Crippen molar-refractivity contribution in [3.63, 3.8) is 0 Å². The van der Waals surface area contributed by atoms with Crippen LogP contribution >= 0.6 is 0 Å². The number of hydrogen-bond acceptors (Lipinski definition) is 4. The van der Waals surface area contributed by atoms with Crippen LogP contribution in [-0.2, 0) is 11.2 Å². The van der Waals surface area contributed by atoms with Gasteiger partial charge in [0, 0.05) is 28.6 Å². The summed E-state index contributed by atoms with van der Waals surface area (Å²) in [7, 11) is 0. The first kappa shape index (κ1) is 22.9. The smallest absolute Gasteiger partial charge is 0.338 e. The van der Waals surface area contributed by atoms with E-state index >= 15 is 0 Å². The van der Waals surface area contributed by atoms with E-state index in [1.54, 1.807) is 37.3 Å². The average molecular weight is 452 g/mol. The molecule has 4 aromatic carbocycles. The van der Waals surface area contributed by atoms with E-state index in [-0.39, 0.29) is 30.3 Å². The van der Waals surface area contributed by atoms with Crippen molar-refractivity contribution in [1.29, 1.82) is 0 Å². The quantitative estimate of drug-likeness (QED) is 0.276. The molecule has 0 bridgehead atoms. The predicted molar refractivity (Wildman–Crippen MR) is 134 cm³/mol. The molecular weight excluding hydrogens is 426 g/mol. The predicted octanol–water partition coefficient (Wildman–Crippen LogP) is 6.00. The van der Waals surface area contributed by atoms with Gasteiger partial charge in [-0.15, -0.1) is 0 Å². The molecule has 4 aromatic rings. The van der Waals surface area contributed by atoms with E-state index in [1.807, 2.05) is 61.5 Å². The van der Waals surface area contributed by atoms with Crippen LogP contribution in [0.15, 0.2) is 84.9 Å². The molecule has 0 aromatic heterocycles. The number of nitrogens with one attached hydrogen (secondary N) is 1. The number of esters is 1. The molecule has 1 amide bonds. The van der Waals surface area contributed by atoms with Crippen LogP contribution in [0.1, 0.15) is 49.1 Å². The first-order valence-electron chi connectivity index (χ1n) is 11.2. The third kappa shape index (κ3) is 4.74. The molecular formula is C29H25NO4. The topological polar surface area (TPSA) is 72.5 Å². The number of ketones is 1. The highest BCUT2D eigenvalue weighted by Gasteiger charge is 2.23. The van der Waals surface area contributed by atoms with Crippen molar-refractivity contribution in [3.05, 3.63) is 113 Å². The van der Waals surface area contributed by atoms with Crippen LogP contribution in [-0.4, -0.2) is 24.3 Å². The molecule has 0 unspecified atom stereocenters. The van der Waals surface area contributed by atoms with Crippen LogP contribution in [0.25, 0.3) is 10.8 Å². The van der Waals surface area contributed by atoms with E-state index in [0.29, 0.717) is 27.6 Å². The first-order chi connectivity index (χ1) is 16.5. The van der Waals surface area contributed by atoms with Crippen molar-refractivity contribution in [1.82, 2.24) is 0 Å². The highest BCUT2D eigenvalue weighted by Crippen LogP contribution is 2.31. The standard InChI is InChI=1S/C29H25NO4/c1-3-34-29(33)24-17-16-23(28(32)30-21-12-8-5-9-13-21)26-19(2)14-15-22(27(24)26)25(31)18-20-10-6-4-7-11-20/h4-17H,3,18H2,1-2H3,(H,30,32). The number of carbonyl (C=O) groups is 3. The number of benzene rings is 4. The average Bonchev–Trinajstić information content (AvgIpc) is 2.85. The summed E-state index contributed by atoms with van der Waals surface area (Å²) < 4.78 is 5.27. The van der Waals surface area contributed by atoms with Gasteiger partial charge >= 0.3 is 5.97 Å². The van der Waals surface area contributed by atoms with Gasteiger partial charge in [-0.2, -0.15) is 0 Å². The molecule has 0 fully saturated rings. The fourth-order valence-electron chi connectivity index (χ4n) is 4.06. The minimum atomic E-state index is -0.526. The van der Waals surface area contributed by atoms with Crippen LogP contribution in [0, 0.1) is 6.92 Å². The summed E-state index contributed by atoms with van der Waals surface area (Å²) in [6.07, 6.45) is 0.182. The number of para-hydroxylation sites is 1. The molecule has 34 heavy (non-hydrogen) atoms. The van der Waals surface area contributed by atoms with Gasteiger partial charge in [0.25, 0.3) is 5.91 Å². The SMILES string of the molecule is CCOC(=O)c1ccc(C(=O)Nc2ccccc2)c2c(C)ccc(C(=O)Cc3ccccc3)c12. The lowest BCUT2D eigenvalue weighted by Gasteiger charge is -2.16. The minimum absolute atomic E-state index is 0.137. The number of anilines is 1. The number of carbonyl (C=O) groups excluding carboxylic acids is 3. The second-order valence-corrected chi connectivity index (χ2v) is 7.97. The monoisotopic (exact) mass is 451 g/mol. The Kier molecular flexibility index (Phi) is 6.83. The van der Waals surface area contributed by atoms with Gasteiger partial charge in [-0.25, -0.2) is 4.79 Å². The Labute approximate surface area is 198 Å².